The Hall–Kier alpha value is -3.86. The van der Waals surface area contributed by atoms with Crippen LogP contribution in [0.25, 0.3) is 10.9 Å². The molecule has 0 saturated carbocycles. The van der Waals surface area contributed by atoms with E-state index in [1.54, 1.807) is 24.4 Å². The molecule has 1 aromatic heterocycles. The number of ether oxygens (including phenoxy) is 1. The van der Waals surface area contributed by atoms with Gasteiger partial charge in [0.15, 0.2) is 0 Å². The molecule has 0 unspecified atom stereocenters. The monoisotopic (exact) mass is 440 g/mol. The van der Waals surface area contributed by atoms with E-state index >= 15 is 0 Å². The van der Waals surface area contributed by atoms with Crippen LogP contribution < -0.4 is 10.1 Å². The third-order valence-corrected chi connectivity index (χ3v) is 5.48. The lowest BCUT2D eigenvalue weighted by molar-refractivity contribution is 0.0697. The number of carbonyl (C=O) groups is 1. The molecule has 1 heterocycles. The van der Waals surface area contributed by atoms with Gasteiger partial charge in [0, 0.05) is 23.8 Å². The zero-order chi connectivity index (χ0) is 23.2. The highest BCUT2D eigenvalue weighted by atomic mass is 16.5. The minimum absolute atomic E-state index is 0.257. The average molecular weight is 441 g/mol. The number of hydrogen-bond acceptors (Lipinski definition) is 4. The maximum atomic E-state index is 11.2. The molecule has 2 N–H and O–H groups in total. The highest BCUT2D eigenvalue weighted by molar-refractivity contribution is 5.89. The molecule has 3 aromatic carbocycles. The first-order valence-electron chi connectivity index (χ1n) is 11.1. The summed E-state index contributed by atoms with van der Waals surface area (Å²) in [4.78, 5) is 15.8. The van der Waals surface area contributed by atoms with Gasteiger partial charge in [-0.15, -0.1) is 0 Å². The van der Waals surface area contributed by atoms with Crippen molar-refractivity contribution in [3.05, 3.63) is 101 Å². The predicted octanol–water partition coefficient (Wildman–Crippen LogP) is 6.32. The number of fused-ring (bicyclic) bond motifs is 1. The van der Waals surface area contributed by atoms with Crippen molar-refractivity contribution in [2.45, 2.75) is 33.4 Å². The number of carboxylic acids is 1. The molecular formula is C28H28N2O3. The highest BCUT2D eigenvalue weighted by Gasteiger charge is 2.10. The van der Waals surface area contributed by atoms with Crippen molar-refractivity contribution < 1.29 is 14.6 Å². The molecule has 0 saturated heterocycles. The number of hydrogen-bond donors (Lipinski definition) is 2. The van der Waals surface area contributed by atoms with Gasteiger partial charge in [-0.25, -0.2) is 4.79 Å². The fourth-order valence-corrected chi connectivity index (χ4v) is 3.84. The Bertz CT molecular complexity index is 1250. The summed E-state index contributed by atoms with van der Waals surface area (Å²) in [5.74, 6) is 0.441. The van der Waals surface area contributed by atoms with E-state index in [1.807, 2.05) is 30.3 Å². The summed E-state index contributed by atoms with van der Waals surface area (Å²) in [6, 6.07) is 23.3. The zero-order valence-electron chi connectivity index (χ0n) is 18.9. The van der Waals surface area contributed by atoms with Crippen LogP contribution in [-0.4, -0.2) is 16.1 Å². The molecule has 5 nitrogen and oxygen atoms in total. The van der Waals surface area contributed by atoms with Gasteiger partial charge in [-0.2, -0.15) is 0 Å². The van der Waals surface area contributed by atoms with E-state index in [1.165, 1.54) is 5.56 Å². The van der Waals surface area contributed by atoms with Crippen molar-refractivity contribution >= 4 is 22.6 Å². The Labute approximate surface area is 194 Å². The van der Waals surface area contributed by atoms with Gasteiger partial charge in [0.25, 0.3) is 0 Å². The number of nitrogens with zero attached hydrogens (tertiary/aromatic N) is 1. The summed E-state index contributed by atoms with van der Waals surface area (Å²) < 4.78 is 6.14. The molecule has 0 bridgehead atoms. The number of nitrogens with one attached hydrogen (secondary N) is 1. The number of aromatic carboxylic acids is 1. The van der Waals surface area contributed by atoms with Gasteiger partial charge in [0.05, 0.1) is 5.56 Å². The smallest absolute Gasteiger partial charge is 0.335 e. The number of rotatable bonds is 9. The van der Waals surface area contributed by atoms with E-state index in [0.717, 1.165) is 39.9 Å². The van der Waals surface area contributed by atoms with Crippen LogP contribution in [0.2, 0.25) is 0 Å². The normalized spacial score (nSPS) is 11.0. The number of anilines is 1. The molecule has 168 valence electrons. The van der Waals surface area contributed by atoms with Gasteiger partial charge in [-0.05, 0) is 59.4 Å². The second-order valence-corrected chi connectivity index (χ2v) is 8.57. The van der Waals surface area contributed by atoms with E-state index in [9.17, 15) is 9.90 Å². The average Bonchev–Trinajstić information content (AvgIpc) is 2.82. The lowest BCUT2D eigenvalue weighted by atomic mass is 10.0. The van der Waals surface area contributed by atoms with E-state index < -0.39 is 5.97 Å². The molecule has 0 radical (unpaired) electrons. The van der Waals surface area contributed by atoms with E-state index in [2.05, 4.69) is 48.4 Å². The highest BCUT2D eigenvalue weighted by Crippen LogP contribution is 2.28. The molecule has 0 aliphatic heterocycles. The van der Waals surface area contributed by atoms with Crippen molar-refractivity contribution in [2.75, 3.05) is 5.32 Å². The topological polar surface area (TPSA) is 71.5 Å². The van der Waals surface area contributed by atoms with E-state index in [4.69, 9.17) is 4.74 Å². The molecule has 0 spiro atoms. The molecular weight excluding hydrogens is 412 g/mol. The quantitative estimate of drug-likeness (QED) is 0.319. The maximum absolute atomic E-state index is 11.2. The Morgan fingerprint density at radius 3 is 2.55 bits per heavy atom. The van der Waals surface area contributed by atoms with Crippen LogP contribution in [0.15, 0.2) is 79.0 Å². The fraction of sp³-hybridized carbons (Fsp3) is 0.214. The van der Waals surface area contributed by atoms with E-state index in [0.29, 0.717) is 19.1 Å². The van der Waals surface area contributed by atoms with Crippen molar-refractivity contribution in [1.29, 1.82) is 0 Å². The summed E-state index contributed by atoms with van der Waals surface area (Å²) in [6.45, 7) is 5.47. The molecule has 0 atom stereocenters. The summed E-state index contributed by atoms with van der Waals surface area (Å²) in [5, 5.41) is 13.5. The van der Waals surface area contributed by atoms with E-state index in [-0.39, 0.29) is 5.56 Å². The fourth-order valence-electron chi connectivity index (χ4n) is 3.84. The number of aromatic nitrogens is 1. The summed E-state index contributed by atoms with van der Waals surface area (Å²) in [5.41, 5.74) is 5.35. The molecule has 4 rings (SSSR count). The van der Waals surface area contributed by atoms with Crippen LogP contribution in [0.1, 0.15) is 40.9 Å². The standard InChI is InChI=1S/C28H28N2O3/c1-19(2)15-20-8-10-21(11-9-20)18-33-26-13-12-23(25-7-4-14-29-27(25)26)17-30-24-6-3-5-22(16-24)28(31)32/h3-14,16,19,30H,15,17-18H2,1-2H3,(H,31,32). The van der Waals surface area contributed by atoms with Crippen LogP contribution in [-0.2, 0) is 19.6 Å². The van der Waals surface area contributed by atoms with Crippen molar-refractivity contribution in [1.82, 2.24) is 4.98 Å². The molecule has 5 heteroatoms. The molecule has 0 aliphatic carbocycles. The summed E-state index contributed by atoms with van der Waals surface area (Å²) in [6.07, 6.45) is 2.84. The third-order valence-electron chi connectivity index (χ3n) is 5.48. The summed E-state index contributed by atoms with van der Waals surface area (Å²) >= 11 is 0. The summed E-state index contributed by atoms with van der Waals surface area (Å²) in [7, 11) is 0. The zero-order valence-corrected chi connectivity index (χ0v) is 18.9. The first-order valence-corrected chi connectivity index (χ1v) is 11.1. The Morgan fingerprint density at radius 1 is 1.00 bits per heavy atom. The molecule has 0 fully saturated rings. The SMILES string of the molecule is CC(C)Cc1ccc(COc2ccc(CNc3cccc(C(=O)O)c3)c3cccnc23)cc1. The van der Waals surface area contributed by atoms with Gasteiger partial charge in [0.2, 0.25) is 0 Å². The first kappa shape index (κ1) is 22.3. The van der Waals surface area contributed by atoms with Gasteiger partial charge >= 0.3 is 5.97 Å². The van der Waals surface area contributed by atoms with Crippen molar-refractivity contribution in [2.24, 2.45) is 5.92 Å². The maximum Gasteiger partial charge on any atom is 0.335 e. The van der Waals surface area contributed by atoms with Crippen molar-refractivity contribution in [3.63, 3.8) is 0 Å². The number of pyridine rings is 1. The molecule has 33 heavy (non-hydrogen) atoms. The van der Waals surface area contributed by atoms with Crippen LogP contribution in [0.4, 0.5) is 5.69 Å². The van der Waals surface area contributed by atoms with Gasteiger partial charge in [-0.3, -0.25) is 4.98 Å². The van der Waals surface area contributed by atoms with Gasteiger partial charge in [-0.1, -0.05) is 56.3 Å². The predicted molar refractivity (Wildman–Crippen MR) is 132 cm³/mol. The van der Waals surface area contributed by atoms with Gasteiger partial charge in [0.1, 0.15) is 17.9 Å². The van der Waals surface area contributed by atoms with Crippen LogP contribution in [0, 0.1) is 5.92 Å². The Balaban J connectivity index is 1.48. The van der Waals surface area contributed by atoms with Crippen LogP contribution in [0.5, 0.6) is 5.75 Å². The Morgan fingerprint density at radius 2 is 1.79 bits per heavy atom. The second kappa shape index (κ2) is 10.2. The van der Waals surface area contributed by atoms with Crippen LogP contribution >= 0.6 is 0 Å². The van der Waals surface area contributed by atoms with Gasteiger partial charge < -0.3 is 15.2 Å². The number of benzene rings is 3. The Kier molecular flexibility index (Phi) is 6.89. The number of carboxylic acid groups (broad SMARTS) is 1. The van der Waals surface area contributed by atoms with Crippen LogP contribution in [0.3, 0.4) is 0 Å². The minimum Gasteiger partial charge on any atom is -0.487 e. The first-order chi connectivity index (χ1) is 16.0. The lowest BCUT2D eigenvalue weighted by Gasteiger charge is -2.13. The second-order valence-electron chi connectivity index (χ2n) is 8.57. The molecule has 0 amide bonds. The molecule has 0 aliphatic rings. The molecule has 4 aromatic rings. The van der Waals surface area contributed by atoms with Crippen molar-refractivity contribution in [3.8, 4) is 5.75 Å². The largest absolute Gasteiger partial charge is 0.487 e. The minimum atomic E-state index is -0.940. The third kappa shape index (κ3) is 5.69. The lowest BCUT2D eigenvalue weighted by Crippen LogP contribution is -2.04.